The summed E-state index contributed by atoms with van der Waals surface area (Å²) in [4.78, 5) is 22.4. The molecular weight excluding hydrogens is 460 g/mol. The van der Waals surface area contributed by atoms with Crippen molar-refractivity contribution in [2.45, 2.75) is 25.7 Å². The molecule has 8 nitrogen and oxygen atoms in total. The molecule has 0 aliphatic carbocycles. The van der Waals surface area contributed by atoms with Crippen LogP contribution in [0.25, 0.3) is 10.7 Å². The molecule has 0 bridgehead atoms. The Labute approximate surface area is 196 Å². The molecule has 0 atom stereocenters. The number of carbonyl (C=O) groups is 1. The van der Waals surface area contributed by atoms with E-state index in [4.69, 9.17) is 4.18 Å². The van der Waals surface area contributed by atoms with Crippen LogP contribution in [-0.4, -0.2) is 28.9 Å². The number of nitrogens with one attached hydrogen (secondary N) is 1. The van der Waals surface area contributed by atoms with Crippen LogP contribution in [0.1, 0.15) is 27.2 Å². The average Bonchev–Trinajstić information content (AvgIpc) is 3.34. The summed E-state index contributed by atoms with van der Waals surface area (Å²) in [5.41, 5.74) is 2.53. The summed E-state index contributed by atoms with van der Waals surface area (Å²) >= 11 is 1.34. The Hall–Kier alpha value is -3.50. The molecule has 4 rings (SSSR count). The molecule has 0 fully saturated rings. The lowest BCUT2D eigenvalue weighted by Crippen LogP contribution is -2.13. The van der Waals surface area contributed by atoms with Crippen molar-refractivity contribution in [3.63, 3.8) is 0 Å². The van der Waals surface area contributed by atoms with E-state index in [1.807, 2.05) is 37.7 Å². The second kappa shape index (κ2) is 8.80. The summed E-state index contributed by atoms with van der Waals surface area (Å²) in [5.74, 6) is 0.533. The van der Waals surface area contributed by atoms with Crippen LogP contribution in [0.3, 0.4) is 0 Å². The molecule has 33 heavy (non-hydrogen) atoms. The van der Waals surface area contributed by atoms with Crippen molar-refractivity contribution in [2.24, 2.45) is 7.05 Å². The van der Waals surface area contributed by atoms with Gasteiger partial charge in [0.15, 0.2) is 11.0 Å². The number of hydrogen-bond acceptors (Lipinski definition) is 7. The summed E-state index contributed by atoms with van der Waals surface area (Å²) in [5, 5.41) is 3.23. The van der Waals surface area contributed by atoms with E-state index in [1.165, 1.54) is 35.6 Å². The van der Waals surface area contributed by atoms with Gasteiger partial charge in [-0.3, -0.25) is 10.1 Å². The molecule has 2 heterocycles. The third kappa shape index (κ3) is 4.81. The van der Waals surface area contributed by atoms with Crippen molar-refractivity contribution in [3.8, 4) is 16.5 Å². The molecule has 1 N–H and O–H groups in total. The summed E-state index contributed by atoms with van der Waals surface area (Å²) in [6.07, 6.45) is 3.55. The van der Waals surface area contributed by atoms with Crippen LogP contribution in [0.4, 0.5) is 5.13 Å². The van der Waals surface area contributed by atoms with E-state index in [-0.39, 0.29) is 16.6 Å². The molecule has 0 unspecified atom stereocenters. The van der Waals surface area contributed by atoms with Crippen LogP contribution in [0.2, 0.25) is 0 Å². The number of anilines is 1. The fourth-order valence-corrected chi connectivity index (χ4v) is 5.47. The molecular formula is C23H22N4O4S2. The molecule has 1 amide bonds. The second-order valence-corrected chi connectivity index (χ2v) is 10.1. The van der Waals surface area contributed by atoms with Crippen molar-refractivity contribution in [3.05, 3.63) is 77.2 Å². The molecule has 4 aromatic rings. The van der Waals surface area contributed by atoms with Gasteiger partial charge in [0.1, 0.15) is 10.6 Å². The van der Waals surface area contributed by atoms with Crippen molar-refractivity contribution >= 4 is 32.5 Å². The molecule has 0 saturated heterocycles. The lowest BCUT2D eigenvalue weighted by Gasteiger charge is -2.10. The number of benzene rings is 2. The van der Waals surface area contributed by atoms with Gasteiger partial charge in [-0.2, -0.15) is 8.42 Å². The van der Waals surface area contributed by atoms with Gasteiger partial charge in [-0.15, -0.1) is 0 Å². The standard InChI is InChI=1S/C23H22N4O4S2/c1-14-5-6-15(2)19(13-14)33(29,30)31-18-9-7-17(8-10-18)22(28)26-23-25-16(3)20(32-23)21-24-11-12-27(21)4/h5-13H,1-4H3,(H,25,26,28). The zero-order valence-electron chi connectivity index (χ0n) is 18.5. The van der Waals surface area contributed by atoms with Crippen LogP contribution >= 0.6 is 11.3 Å². The molecule has 10 heteroatoms. The van der Waals surface area contributed by atoms with Crippen LogP contribution < -0.4 is 9.50 Å². The highest BCUT2D eigenvalue weighted by atomic mass is 32.2. The van der Waals surface area contributed by atoms with Gasteiger partial charge >= 0.3 is 10.1 Å². The quantitative estimate of drug-likeness (QED) is 0.406. The second-order valence-electron chi connectivity index (χ2n) is 7.58. The predicted molar refractivity (Wildman–Crippen MR) is 127 cm³/mol. The van der Waals surface area contributed by atoms with Gasteiger partial charge in [0, 0.05) is 25.0 Å². The number of hydrogen-bond donors (Lipinski definition) is 1. The van der Waals surface area contributed by atoms with Gasteiger partial charge in [-0.1, -0.05) is 23.5 Å². The Balaban J connectivity index is 1.48. The van der Waals surface area contributed by atoms with Crippen molar-refractivity contribution in [2.75, 3.05) is 5.32 Å². The topological polar surface area (TPSA) is 103 Å². The molecule has 2 aromatic carbocycles. The van der Waals surface area contributed by atoms with E-state index in [9.17, 15) is 13.2 Å². The minimum absolute atomic E-state index is 0.118. The monoisotopic (exact) mass is 482 g/mol. The molecule has 0 radical (unpaired) electrons. The highest BCUT2D eigenvalue weighted by Gasteiger charge is 2.20. The Morgan fingerprint density at radius 1 is 1.09 bits per heavy atom. The normalized spacial score (nSPS) is 11.4. The van der Waals surface area contributed by atoms with Crippen LogP contribution in [0.15, 0.2) is 59.8 Å². The zero-order valence-corrected chi connectivity index (χ0v) is 20.1. The SMILES string of the molecule is Cc1ccc(C)c(S(=O)(=O)Oc2ccc(C(=O)Nc3nc(C)c(-c4nccn4C)s3)cc2)c1. The molecule has 0 aliphatic heterocycles. The molecule has 0 aliphatic rings. The maximum atomic E-state index is 12.7. The van der Waals surface area contributed by atoms with E-state index in [1.54, 1.807) is 25.3 Å². The summed E-state index contributed by atoms with van der Waals surface area (Å²) in [7, 11) is -2.10. The van der Waals surface area contributed by atoms with Gasteiger partial charge in [0.25, 0.3) is 5.91 Å². The summed E-state index contributed by atoms with van der Waals surface area (Å²) in [6, 6.07) is 11.0. The van der Waals surface area contributed by atoms with Gasteiger partial charge in [-0.25, -0.2) is 9.97 Å². The lowest BCUT2D eigenvalue weighted by atomic mass is 10.2. The Kier molecular flexibility index (Phi) is 6.05. The molecule has 2 aromatic heterocycles. The largest absolute Gasteiger partial charge is 0.379 e. The number of carbonyl (C=O) groups excluding carboxylic acids is 1. The van der Waals surface area contributed by atoms with E-state index in [0.29, 0.717) is 16.3 Å². The van der Waals surface area contributed by atoms with Gasteiger partial charge < -0.3 is 8.75 Å². The molecule has 170 valence electrons. The van der Waals surface area contributed by atoms with E-state index < -0.39 is 10.1 Å². The van der Waals surface area contributed by atoms with Crippen molar-refractivity contribution in [1.82, 2.24) is 14.5 Å². The van der Waals surface area contributed by atoms with E-state index in [0.717, 1.165) is 22.0 Å². The number of imidazole rings is 1. The van der Waals surface area contributed by atoms with Crippen molar-refractivity contribution < 1.29 is 17.4 Å². The van der Waals surface area contributed by atoms with Crippen LogP contribution in [0.5, 0.6) is 5.75 Å². The highest BCUT2D eigenvalue weighted by molar-refractivity contribution is 7.87. The minimum atomic E-state index is -3.99. The molecule has 0 spiro atoms. The number of thiazole rings is 1. The first kappa shape index (κ1) is 22.7. The van der Waals surface area contributed by atoms with Gasteiger partial charge in [0.05, 0.1) is 10.6 Å². The number of rotatable bonds is 6. The van der Waals surface area contributed by atoms with Gasteiger partial charge in [-0.05, 0) is 62.2 Å². The molecule has 0 saturated carbocycles. The number of aryl methyl sites for hydroxylation is 4. The van der Waals surface area contributed by atoms with Crippen LogP contribution in [0, 0.1) is 20.8 Å². The first-order chi connectivity index (χ1) is 15.6. The maximum absolute atomic E-state index is 12.7. The minimum Gasteiger partial charge on any atom is -0.379 e. The lowest BCUT2D eigenvalue weighted by molar-refractivity contribution is 0.102. The van der Waals surface area contributed by atoms with Gasteiger partial charge in [0.2, 0.25) is 0 Å². The first-order valence-electron chi connectivity index (χ1n) is 10.0. The third-order valence-electron chi connectivity index (χ3n) is 4.98. The van der Waals surface area contributed by atoms with E-state index >= 15 is 0 Å². The number of amides is 1. The Bertz CT molecular complexity index is 1440. The summed E-state index contributed by atoms with van der Waals surface area (Å²) in [6.45, 7) is 5.39. The highest BCUT2D eigenvalue weighted by Crippen LogP contribution is 2.31. The smallest absolute Gasteiger partial charge is 0.339 e. The maximum Gasteiger partial charge on any atom is 0.339 e. The number of aromatic nitrogens is 3. The number of nitrogens with zero attached hydrogens (tertiary/aromatic N) is 3. The first-order valence-corrected chi connectivity index (χ1v) is 12.2. The van der Waals surface area contributed by atoms with Crippen LogP contribution in [-0.2, 0) is 17.2 Å². The Morgan fingerprint density at radius 3 is 2.48 bits per heavy atom. The Morgan fingerprint density at radius 2 is 1.82 bits per heavy atom. The fourth-order valence-electron chi connectivity index (χ4n) is 3.22. The zero-order chi connectivity index (χ0) is 23.8. The third-order valence-corrected chi connectivity index (χ3v) is 7.44. The van der Waals surface area contributed by atoms with Crippen molar-refractivity contribution in [1.29, 1.82) is 0 Å². The predicted octanol–water partition coefficient (Wildman–Crippen LogP) is 4.49. The average molecular weight is 483 g/mol. The summed E-state index contributed by atoms with van der Waals surface area (Å²) < 4.78 is 32.5. The fraction of sp³-hybridized carbons (Fsp3) is 0.174. The van der Waals surface area contributed by atoms with E-state index in [2.05, 4.69) is 15.3 Å².